The number of amides is 2. The van der Waals surface area contributed by atoms with Crippen LogP contribution < -0.4 is 20.1 Å². The summed E-state index contributed by atoms with van der Waals surface area (Å²) >= 11 is 8.53. The molecule has 2 aromatic carbocycles. The Morgan fingerprint density at radius 3 is 2.58 bits per heavy atom. The molecular weight excluding hydrogens is 484 g/mol. The SMILES string of the molecule is CCOc1ccc(C(=O)Nc2nnc(SCC(=O)NCc3ccccc3Cl)s2)cc1OCC. The molecule has 1 heterocycles. The van der Waals surface area contributed by atoms with Gasteiger partial charge < -0.3 is 14.8 Å². The lowest BCUT2D eigenvalue weighted by Crippen LogP contribution is -2.24. The highest BCUT2D eigenvalue weighted by atomic mass is 35.5. The van der Waals surface area contributed by atoms with Crippen LogP contribution in [0.5, 0.6) is 11.5 Å². The minimum atomic E-state index is -0.343. The second-order valence-corrected chi connectivity index (χ2v) is 9.12. The van der Waals surface area contributed by atoms with Crippen molar-refractivity contribution in [2.75, 3.05) is 24.3 Å². The molecule has 3 rings (SSSR count). The fourth-order valence-electron chi connectivity index (χ4n) is 2.69. The fourth-order valence-corrected chi connectivity index (χ4v) is 4.47. The number of nitrogens with one attached hydrogen (secondary N) is 2. The summed E-state index contributed by atoms with van der Waals surface area (Å²) < 4.78 is 11.7. The Morgan fingerprint density at radius 1 is 1.06 bits per heavy atom. The predicted octanol–water partition coefficient (Wildman–Crippen LogP) is 4.65. The van der Waals surface area contributed by atoms with E-state index in [1.165, 1.54) is 23.1 Å². The maximum Gasteiger partial charge on any atom is 0.257 e. The molecule has 1 aromatic heterocycles. The Kier molecular flexibility index (Phi) is 9.35. The second-order valence-electron chi connectivity index (χ2n) is 6.51. The molecule has 0 fully saturated rings. The van der Waals surface area contributed by atoms with Gasteiger partial charge >= 0.3 is 0 Å². The summed E-state index contributed by atoms with van der Waals surface area (Å²) in [5.74, 6) is 0.758. The molecule has 0 spiro atoms. The molecule has 0 aliphatic carbocycles. The number of hydrogen-bond acceptors (Lipinski definition) is 8. The lowest BCUT2D eigenvalue weighted by Gasteiger charge is -2.12. The fraction of sp³-hybridized carbons (Fsp3) is 0.273. The molecule has 0 unspecified atom stereocenters. The Labute approximate surface area is 205 Å². The van der Waals surface area contributed by atoms with Gasteiger partial charge in [-0.1, -0.05) is 52.9 Å². The van der Waals surface area contributed by atoms with Crippen LogP contribution in [0.1, 0.15) is 29.8 Å². The molecule has 0 aliphatic heterocycles. The number of anilines is 1. The third-order valence-electron chi connectivity index (χ3n) is 4.19. The van der Waals surface area contributed by atoms with Gasteiger partial charge in [0.25, 0.3) is 5.91 Å². The number of rotatable bonds is 11. The summed E-state index contributed by atoms with van der Waals surface area (Å²) in [5.41, 5.74) is 1.26. The summed E-state index contributed by atoms with van der Waals surface area (Å²) in [7, 11) is 0. The average Bonchev–Trinajstić information content (AvgIpc) is 3.26. The van der Waals surface area contributed by atoms with E-state index < -0.39 is 0 Å². The van der Waals surface area contributed by atoms with Gasteiger partial charge in [-0.25, -0.2) is 0 Å². The highest BCUT2D eigenvalue weighted by Crippen LogP contribution is 2.30. The summed E-state index contributed by atoms with van der Waals surface area (Å²) in [5, 5.41) is 14.5. The molecule has 0 saturated heterocycles. The van der Waals surface area contributed by atoms with Gasteiger partial charge in [-0.05, 0) is 43.7 Å². The third kappa shape index (κ3) is 7.34. The van der Waals surface area contributed by atoms with Crippen molar-refractivity contribution >= 4 is 51.6 Å². The Hall–Kier alpha value is -2.82. The van der Waals surface area contributed by atoms with Crippen molar-refractivity contribution in [3.05, 3.63) is 58.6 Å². The summed E-state index contributed by atoms with van der Waals surface area (Å²) in [6.07, 6.45) is 0. The topological polar surface area (TPSA) is 102 Å². The van der Waals surface area contributed by atoms with Gasteiger partial charge in [0.15, 0.2) is 15.8 Å². The lowest BCUT2D eigenvalue weighted by atomic mass is 10.2. The zero-order valence-electron chi connectivity index (χ0n) is 18.1. The molecule has 11 heteroatoms. The van der Waals surface area contributed by atoms with Crippen LogP contribution in [0.2, 0.25) is 5.02 Å². The zero-order valence-corrected chi connectivity index (χ0v) is 20.5. The Bertz CT molecular complexity index is 1110. The number of hydrogen-bond donors (Lipinski definition) is 2. The average molecular weight is 507 g/mol. The van der Waals surface area contributed by atoms with Crippen molar-refractivity contribution in [2.45, 2.75) is 24.7 Å². The van der Waals surface area contributed by atoms with Crippen LogP contribution in [0.4, 0.5) is 5.13 Å². The van der Waals surface area contributed by atoms with Crippen molar-refractivity contribution in [2.24, 2.45) is 0 Å². The van der Waals surface area contributed by atoms with Gasteiger partial charge in [-0.3, -0.25) is 14.9 Å². The van der Waals surface area contributed by atoms with Gasteiger partial charge in [0.05, 0.1) is 19.0 Å². The smallest absolute Gasteiger partial charge is 0.257 e. The number of carbonyl (C=O) groups excluding carboxylic acids is 2. The van der Waals surface area contributed by atoms with E-state index in [1.807, 2.05) is 32.0 Å². The first-order chi connectivity index (χ1) is 16.0. The van der Waals surface area contributed by atoms with Gasteiger partial charge in [0.1, 0.15) is 0 Å². The van der Waals surface area contributed by atoms with E-state index in [-0.39, 0.29) is 17.6 Å². The molecule has 3 aromatic rings. The first kappa shape index (κ1) is 24.8. The molecule has 8 nitrogen and oxygen atoms in total. The molecular formula is C22H23ClN4O4S2. The monoisotopic (exact) mass is 506 g/mol. The molecule has 2 amide bonds. The highest BCUT2D eigenvalue weighted by molar-refractivity contribution is 8.01. The minimum absolute atomic E-state index is 0.154. The van der Waals surface area contributed by atoms with E-state index >= 15 is 0 Å². The Balaban J connectivity index is 1.52. The van der Waals surface area contributed by atoms with Crippen molar-refractivity contribution in [3.63, 3.8) is 0 Å². The van der Waals surface area contributed by atoms with Crippen molar-refractivity contribution in [1.82, 2.24) is 15.5 Å². The van der Waals surface area contributed by atoms with Crippen molar-refractivity contribution < 1.29 is 19.1 Å². The van der Waals surface area contributed by atoms with E-state index in [1.54, 1.807) is 24.3 Å². The van der Waals surface area contributed by atoms with Gasteiger partial charge in [0.2, 0.25) is 11.0 Å². The normalized spacial score (nSPS) is 10.5. The number of aromatic nitrogens is 2. The standard InChI is InChI=1S/C22H23ClN4O4S2/c1-3-30-17-10-9-14(11-18(17)31-4-2)20(29)25-21-26-27-22(33-21)32-13-19(28)24-12-15-7-5-6-8-16(15)23/h5-11H,3-4,12-13H2,1-2H3,(H,24,28)(H,25,26,29). The largest absolute Gasteiger partial charge is 0.490 e. The van der Waals surface area contributed by atoms with Gasteiger partial charge in [0, 0.05) is 17.1 Å². The van der Waals surface area contributed by atoms with Crippen LogP contribution in [0.15, 0.2) is 46.8 Å². The number of nitrogens with zero attached hydrogens (tertiary/aromatic N) is 2. The maximum atomic E-state index is 12.6. The first-order valence-corrected chi connectivity index (χ1v) is 12.4. The quantitative estimate of drug-likeness (QED) is 0.288. The summed E-state index contributed by atoms with van der Waals surface area (Å²) in [6.45, 7) is 5.04. The number of benzene rings is 2. The zero-order chi connectivity index (χ0) is 23.6. The van der Waals surface area contributed by atoms with Crippen LogP contribution in [-0.4, -0.2) is 41.0 Å². The molecule has 174 valence electrons. The third-order valence-corrected chi connectivity index (χ3v) is 6.53. The molecule has 2 N–H and O–H groups in total. The van der Waals surface area contributed by atoms with Gasteiger partial charge in [-0.15, -0.1) is 10.2 Å². The van der Waals surface area contributed by atoms with Crippen LogP contribution in [0.25, 0.3) is 0 Å². The molecule has 0 aliphatic rings. The highest BCUT2D eigenvalue weighted by Gasteiger charge is 2.15. The molecule has 0 radical (unpaired) electrons. The van der Waals surface area contributed by atoms with Crippen molar-refractivity contribution in [1.29, 1.82) is 0 Å². The van der Waals surface area contributed by atoms with E-state index in [0.29, 0.717) is 51.3 Å². The summed E-state index contributed by atoms with van der Waals surface area (Å²) in [6, 6.07) is 12.3. The maximum absolute atomic E-state index is 12.6. The van der Waals surface area contributed by atoms with E-state index in [2.05, 4.69) is 20.8 Å². The van der Waals surface area contributed by atoms with Crippen LogP contribution >= 0.6 is 34.7 Å². The van der Waals surface area contributed by atoms with Crippen LogP contribution in [0.3, 0.4) is 0 Å². The Morgan fingerprint density at radius 2 is 1.82 bits per heavy atom. The number of thioether (sulfide) groups is 1. The van der Waals surface area contributed by atoms with E-state index in [9.17, 15) is 9.59 Å². The molecule has 0 bridgehead atoms. The lowest BCUT2D eigenvalue weighted by molar-refractivity contribution is -0.118. The number of ether oxygens (including phenoxy) is 2. The second kappa shape index (κ2) is 12.4. The van der Waals surface area contributed by atoms with E-state index in [0.717, 1.165) is 5.56 Å². The molecule has 0 saturated carbocycles. The number of halogens is 1. The molecule has 0 atom stereocenters. The van der Waals surface area contributed by atoms with Crippen molar-refractivity contribution in [3.8, 4) is 11.5 Å². The predicted molar refractivity (Wildman–Crippen MR) is 131 cm³/mol. The van der Waals surface area contributed by atoms with Crippen LogP contribution in [0, 0.1) is 0 Å². The number of carbonyl (C=O) groups is 2. The first-order valence-electron chi connectivity index (χ1n) is 10.2. The van der Waals surface area contributed by atoms with Crippen LogP contribution in [-0.2, 0) is 11.3 Å². The minimum Gasteiger partial charge on any atom is -0.490 e. The summed E-state index contributed by atoms with van der Waals surface area (Å²) in [4.78, 5) is 24.7. The van der Waals surface area contributed by atoms with E-state index in [4.69, 9.17) is 21.1 Å². The van der Waals surface area contributed by atoms with Gasteiger partial charge in [-0.2, -0.15) is 0 Å². The molecule has 33 heavy (non-hydrogen) atoms.